The van der Waals surface area contributed by atoms with Gasteiger partial charge in [0.2, 0.25) is 5.82 Å². The van der Waals surface area contributed by atoms with Crippen molar-refractivity contribution in [3.63, 3.8) is 0 Å². The third kappa shape index (κ3) is 4.08. The first kappa shape index (κ1) is 18.3. The molecule has 1 aliphatic rings. The maximum atomic E-state index is 13.2. The largest absolute Gasteiger partial charge is 0.338 e. The maximum absolute atomic E-state index is 13.2. The first-order chi connectivity index (χ1) is 13.7. The van der Waals surface area contributed by atoms with Crippen LogP contribution in [0.4, 0.5) is 4.39 Å². The Morgan fingerprint density at radius 2 is 2.00 bits per heavy atom. The summed E-state index contributed by atoms with van der Waals surface area (Å²) in [6.07, 6.45) is 3.98. The van der Waals surface area contributed by atoms with Crippen molar-refractivity contribution in [3.8, 4) is 11.4 Å². The van der Waals surface area contributed by atoms with Crippen LogP contribution in [0.2, 0.25) is 0 Å². The van der Waals surface area contributed by atoms with E-state index in [1.165, 1.54) is 12.1 Å². The fourth-order valence-corrected chi connectivity index (χ4v) is 3.82. The summed E-state index contributed by atoms with van der Waals surface area (Å²) in [7, 11) is 0. The van der Waals surface area contributed by atoms with Crippen LogP contribution in [0, 0.1) is 11.7 Å². The van der Waals surface area contributed by atoms with Gasteiger partial charge < -0.3 is 4.90 Å². The number of carbonyl (C=O) groups is 1. The minimum absolute atomic E-state index is 0.00637. The van der Waals surface area contributed by atoms with Crippen LogP contribution in [0.15, 0.2) is 48.5 Å². The van der Waals surface area contributed by atoms with E-state index in [4.69, 9.17) is 0 Å². The fraction of sp³-hybridized carbons (Fsp3) is 0.333. The summed E-state index contributed by atoms with van der Waals surface area (Å²) in [4.78, 5) is 15.1. The third-order valence-electron chi connectivity index (χ3n) is 5.30. The second-order valence-electron chi connectivity index (χ2n) is 7.21. The van der Waals surface area contributed by atoms with E-state index in [0.29, 0.717) is 22.9 Å². The molecule has 1 aliphatic heterocycles. The number of benzene rings is 2. The number of hydrogen-bond acceptors (Lipinski definition) is 4. The second-order valence-corrected chi connectivity index (χ2v) is 7.21. The number of rotatable bonds is 5. The topological polar surface area (TPSA) is 74.8 Å². The highest BCUT2D eigenvalue weighted by Crippen LogP contribution is 2.26. The van der Waals surface area contributed by atoms with Crippen molar-refractivity contribution >= 4 is 5.91 Å². The highest BCUT2D eigenvalue weighted by molar-refractivity contribution is 6.00. The number of H-pyrrole nitrogens is 1. The second kappa shape index (κ2) is 8.29. The maximum Gasteiger partial charge on any atom is 0.254 e. The molecule has 1 amide bonds. The van der Waals surface area contributed by atoms with Crippen molar-refractivity contribution in [3.05, 3.63) is 65.5 Å². The van der Waals surface area contributed by atoms with Gasteiger partial charge in [-0.25, -0.2) is 4.39 Å². The van der Waals surface area contributed by atoms with Gasteiger partial charge in [-0.3, -0.25) is 4.79 Å². The van der Waals surface area contributed by atoms with Crippen LogP contribution in [-0.2, 0) is 6.42 Å². The number of amides is 1. The van der Waals surface area contributed by atoms with E-state index in [-0.39, 0.29) is 11.7 Å². The molecular weight excluding hydrogens is 357 g/mol. The number of nitrogens with zero attached hydrogens (tertiary/aromatic N) is 4. The summed E-state index contributed by atoms with van der Waals surface area (Å²) in [5.41, 5.74) is 2.42. The quantitative estimate of drug-likeness (QED) is 0.736. The van der Waals surface area contributed by atoms with Crippen molar-refractivity contribution < 1.29 is 9.18 Å². The van der Waals surface area contributed by atoms with E-state index in [9.17, 15) is 9.18 Å². The van der Waals surface area contributed by atoms with Gasteiger partial charge in [0.15, 0.2) is 0 Å². The number of nitrogens with one attached hydrogen (secondary N) is 1. The Morgan fingerprint density at radius 1 is 1.18 bits per heavy atom. The van der Waals surface area contributed by atoms with E-state index in [2.05, 4.69) is 20.6 Å². The van der Waals surface area contributed by atoms with Crippen LogP contribution < -0.4 is 0 Å². The van der Waals surface area contributed by atoms with E-state index in [1.807, 2.05) is 41.3 Å². The molecule has 0 aliphatic carbocycles. The number of likely N-dealkylation sites (tertiary alicyclic amines) is 1. The molecule has 0 bridgehead atoms. The molecular formula is C21H22FN5O. The van der Waals surface area contributed by atoms with E-state index >= 15 is 0 Å². The lowest BCUT2D eigenvalue weighted by Crippen LogP contribution is -2.40. The average molecular weight is 379 g/mol. The molecule has 1 fully saturated rings. The highest BCUT2D eigenvalue weighted by Gasteiger charge is 2.26. The van der Waals surface area contributed by atoms with Gasteiger partial charge in [-0.1, -0.05) is 30.3 Å². The zero-order chi connectivity index (χ0) is 19.3. The monoisotopic (exact) mass is 379 g/mol. The van der Waals surface area contributed by atoms with Gasteiger partial charge in [0, 0.05) is 18.7 Å². The summed E-state index contributed by atoms with van der Waals surface area (Å²) < 4.78 is 13.1. The molecule has 1 atom stereocenters. The minimum atomic E-state index is -0.210. The van der Waals surface area contributed by atoms with Gasteiger partial charge in [-0.15, -0.1) is 10.2 Å². The number of piperidine rings is 1. The van der Waals surface area contributed by atoms with Crippen LogP contribution >= 0.6 is 0 Å². The van der Waals surface area contributed by atoms with Crippen molar-refractivity contribution in [1.82, 2.24) is 25.5 Å². The summed E-state index contributed by atoms with van der Waals surface area (Å²) in [6, 6.07) is 14.0. The third-order valence-corrected chi connectivity index (χ3v) is 5.30. The molecule has 2 aromatic carbocycles. The number of aryl methyl sites for hydroxylation is 1. The van der Waals surface area contributed by atoms with Crippen molar-refractivity contribution in [1.29, 1.82) is 0 Å². The standard InChI is InChI=1S/C21H22FN5O/c22-17-11-9-15(10-12-17)7-8-16-4-3-13-27(14-16)21(28)19-6-2-1-5-18(19)20-23-25-26-24-20/h1-2,5-6,9-12,16H,3-4,7-8,13-14H2,(H,23,24,25,26)/t16-/m1/s1. The van der Waals surface area contributed by atoms with Gasteiger partial charge >= 0.3 is 0 Å². The van der Waals surface area contributed by atoms with E-state index in [0.717, 1.165) is 44.3 Å². The number of aromatic nitrogens is 4. The lowest BCUT2D eigenvalue weighted by molar-refractivity contribution is 0.0669. The Balaban J connectivity index is 1.43. The SMILES string of the molecule is O=C(c1ccccc1-c1nn[nH]n1)N1CCC[C@H](CCc2ccc(F)cc2)C1. The molecule has 0 radical (unpaired) electrons. The van der Waals surface area contributed by atoms with Crippen molar-refractivity contribution in [2.24, 2.45) is 5.92 Å². The highest BCUT2D eigenvalue weighted by atomic mass is 19.1. The van der Waals surface area contributed by atoms with E-state index < -0.39 is 0 Å². The smallest absolute Gasteiger partial charge is 0.254 e. The molecule has 1 aromatic heterocycles. The predicted octanol–water partition coefficient (Wildman–Crippen LogP) is 3.49. The minimum Gasteiger partial charge on any atom is -0.338 e. The fourth-order valence-electron chi connectivity index (χ4n) is 3.82. The Morgan fingerprint density at radius 3 is 2.79 bits per heavy atom. The van der Waals surface area contributed by atoms with Crippen LogP contribution in [0.1, 0.15) is 35.2 Å². The van der Waals surface area contributed by atoms with Gasteiger partial charge in [0.25, 0.3) is 5.91 Å². The van der Waals surface area contributed by atoms with E-state index in [1.54, 1.807) is 0 Å². The van der Waals surface area contributed by atoms with Crippen LogP contribution in [0.3, 0.4) is 0 Å². The van der Waals surface area contributed by atoms with Gasteiger partial charge in [0.1, 0.15) is 5.82 Å². The summed E-state index contributed by atoms with van der Waals surface area (Å²) in [6.45, 7) is 1.49. The average Bonchev–Trinajstić information content (AvgIpc) is 3.28. The first-order valence-electron chi connectivity index (χ1n) is 9.57. The lowest BCUT2D eigenvalue weighted by atomic mass is 9.91. The van der Waals surface area contributed by atoms with Gasteiger partial charge in [-0.2, -0.15) is 5.21 Å². The predicted molar refractivity (Wildman–Crippen MR) is 103 cm³/mol. The first-order valence-corrected chi connectivity index (χ1v) is 9.57. The van der Waals surface area contributed by atoms with Crippen molar-refractivity contribution in [2.45, 2.75) is 25.7 Å². The molecule has 4 rings (SSSR count). The van der Waals surface area contributed by atoms with Crippen LogP contribution in [-0.4, -0.2) is 44.5 Å². The Labute approximate surface area is 162 Å². The molecule has 6 nitrogen and oxygen atoms in total. The molecule has 0 spiro atoms. The molecule has 0 saturated carbocycles. The molecule has 28 heavy (non-hydrogen) atoms. The number of hydrogen-bond donors (Lipinski definition) is 1. The Hall–Kier alpha value is -3.09. The lowest BCUT2D eigenvalue weighted by Gasteiger charge is -2.33. The molecule has 1 N–H and O–H groups in total. The summed E-state index contributed by atoms with van der Waals surface area (Å²) >= 11 is 0. The zero-order valence-corrected chi connectivity index (χ0v) is 15.5. The molecule has 0 unspecified atom stereocenters. The molecule has 2 heterocycles. The summed E-state index contributed by atoms with van der Waals surface area (Å²) in [5, 5.41) is 14.1. The molecule has 1 saturated heterocycles. The number of carbonyl (C=O) groups excluding carboxylic acids is 1. The van der Waals surface area contributed by atoms with Crippen LogP contribution in [0.25, 0.3) is 11.4 Å². The normalized spacial score (nSPS) is 16.9. The number of tetrazole rings is 1. The zero-order valence-electron chi connectivity index (χ0n) is 15.5. The Bertz CT molecular complexity index is 926. The molecule has 7 heteroatoms. The summed E-state index contributed by atoms with van der Waals surface area (Å²) in [5.74, 6) is 0.666. The van der Waals surface area contributed by atoms with Crippen LogP contribution in [0.5, 0.6) is 0 Å². The Kier molecular flexibility index (Phi) is 5.41. The number of halogens is 1. The molecule has 3 aromatic rings. The van der Waals surface area contributed by atoms with Gasteiger partial charge in [0.05, 0.1) is 5.56 Å². The van der Waals surface area contributed by atoms with Crippen molar-refractivity contribution in [2.75, 3.05) is 13.1 Å². The molecule has 144 valence electrons. The number of aromatic amines is 1. The van der Waals surface area contributed by atoms with Gasteiger partial charge in [-0.05, 0) is 60.6 Å².